The monoisotopic (exact) mass is 248 g/mol. The summed E-state index contributed by atoms with van der Waals surface area (Å²) in [7, 11) is 4.26. The van der Waals surface area contributed by atoms with Gasteiger partial charge in [-0.3, -0.25) is 9.97 Å². The van der Waals surface area contributed by atoms with Crippen LogP contribution in [0, 0.1) is 5.92 Å². The lowest BCUT2D eigenvalue weighted by Crippen LogP contribution is -2.54. The predicted octanol–water partition coefficient (Wildman–Crippen LogP) is 1.99. The molecule has 2 N–H and O–H groups in total. The molecule has 0 radical (unpaired) electrons. The molecule has 1 aliphatic rings. The van der Waals surface area contributed by atoms with Crippen LogP contribution < -0.4 is 5.73 Å². The van der Waals surface area contributed by atoms with Gasteiger partial charge in [-0.2, -0.15) is 0 Å². The molecule has 1 aromatic rings. The third kappa shape index (κ3) is 2.40. The lowest BCUT2D eigenvalue weighted by atomic mass is 9.71. The first kappa shape index (κ1) is 13.4. The van der Waals surface area contributed by atoms with E-state index < -0.39 is 0 Å². The molecule has 0 bridgehead atoms. The quantitative estimate of drug-likeness (QED) is 0.888. The number of likely N-dealkylation sites (N-methyl/N-ethyl adjacent to an activating group) is 1. The SMILES string of the molecule is CC1CCC(C(N)c2cnccn2)(N(C)C)CC1. The van der Waals surface area contributed by atoms with Crippen LogP contribution in [0.15, 0.2) is 18.6 Å². The van der Waals surface area contributed by atoms with Crippen LogP contribution in [0.4, 0.5) is 0 Å². The summed E-state index contributed by atoms with van der Waals surface area (Å²) in [6, 6.07) is -0.0614. The van der Waals surface area contributed by atoms with E-state index in [1.807, 2.05) is 0 Å². The molecular weight excluding hydrogens is 224 g/mol. The third-order valence-electron chi connectivity index (χ3n) is 4.51. The van der Waals surface area contributed by atoms with Crippen LogP contribution >= 0.6 is 0 Å². The summed E-state index contributed by atoms with van der Waals surface area (Å²) in [5.41, 5.74) is 7.44. The van der Waals surface area contributed by atoms with E-state index in [9.17, 15) is 0 Å². The molecule has 18 heavy (non-hydrogen) atoms. The average molecular weight is 248 g/mol. The highest BCUT2D eigenvalue weighted by molar-refractivity contribution is 5.12. The van der Waals surface area contributed by atoms with Gasteiger partial charge in [-0.05, 0) is 45.7 Å². The van der Waals surface area contributed by atoms with Crippen molar-refractivity contribution < 1.29 is 0 Å². The van der Waals surface area contributed by atoms with E-state index >= 15 is 0 Å². The van der Waals surface area contributed by atoms with Crippen molar-refractivity contribution in [3.05, 3.63) is 24.3 Å². The van der Waals surface area contributed by atoms with Gasteiger partial charge in [0, 0.05) is 17.9 Å². The van der Waals surface area contributed by atoms with E-state index in [-0.39, 0.29) is 11.6 Å². The van der Waals surface area contributed by atoms with Crippen LogP contribution in [0.1, 0.15) is 44.3 Å². The molecule has 0 saturated heterocycles. The number of hydrogen-bond donors (Lipinski definition) is 1. The topological polar surface area (TPSA) is 55.0 Å². The first-order valence-electron chi connectivity index (χ1n) is 6.75. The number of aromatic nitrogens is 2. The van der Waals surface area contributed by atoms with Crippen LogP contribution in [0.3, 0.4) is 0 Å². The first-order chi connectivity index (χ1) is 8.56. The van der Waals surface area contributed by atoms with Gasteiger partial charge in [0.25, 0.3) is 0 Å². The molecule has 1 atom stereocenters. The summed E-state index contributed by atoms with van der Waals surface area (Å²) in [4.78, 5) is 10.8. The molecule has 1 fully saturated rings. The Morgan fingerprint density at radius 3 is 2.50 bits per heavy atom. The van der Waals surface area contributed by atoms with E-state index in [2.05, 4.69) is 35.9 Å². The van der Waals surface area contributed by atoms with Crippen LogP contribution in [0.2, 0.25) is 0 Å². The lowest BCUT2D eigenvalue weighted by Gasteiger charge is -2.48. The van der Waals surface area contributed by atoms with Gasteiger partial charge in [0.2, 0.25) is 0 Å². The third-order valence-corrected chi connectivity index (χ3v) is 4.51. The number of nitrogens with two attached hydrogens (primary N) is 1. The molecule has 1 saturated carbocycles. The van der Waals surface area contributed by atoms with Crippen molar-refractivity contribution in [2.24, 2.45) is 11.7 Å². The Labute approximate surface area is 110 Å². The molecule has 4 nitrogen and oxygen atoms in total. The molecule has 1 aromatic heterocycles. The standard InChI is InChI=1S/C14H24N4/c1-11-4-6-14(7-5-11,18(2)3)13(15)12-10-16-8-9-17-12/h8-11,13H,4-7,15H2,1-3H3. The van der Waals surface area contributed by atoms with Crippen molar-refractivity contribution in [2.75, 3.05) is 14.1 Å². The Kier molecular flexibility index (Phi) is 3.97. The number of rotatable bonds is 3. The molecule has 1 aliphatic carbocycles. The van der Waals surface area contributed by atoms with E-state index in [4.69, 9.17) is 5.73 Å². The van der Waals surface area contributed by atoms with Crippen molar-refractivity contribution in [3.63, 3.8) is 0 Å². The molecule has 0 aliphatic heterocycles. The summed E-state index contributed by atoms with van der Waals surface area (Å²) in [5, 5.41) is 0. The minimum Gasteiger partial charge on any atom is -0.321 e. The zero-order valence-electron chi connectivity index (χ0n) is 11.6. The van der Waals surface area contributed by atoms with Crippen molar-refractivity contribution in [1.29, 1.82) is 0 Å². The minimum atomic E-state index is -0.0614. The average Bonchev–Trinajstić information content (AvgIpc) is 2.40. The highest BCUT2D eigenvalue weighted by atomic mass is 15.2. The predicted molar refractivity (Wildman–Crippen MR) is 73.0 cm³/mol. The second kappa shape index (κ2) is 5.33. The van der Waals surface area contributed by atoms with E-state index in [1.165, 1.54) is 12.8 Å². The Morgan fingerprint density at radius 2 is 2.00 bits per heavy atom. The second-order valence-corrected chi connectivity index (χ2v) is 5.79. The highest BCUT2D eigenvalue weighted by Gasteiger charge is 2.42. The molecule has 4 heteroatoms. The lowest BCUT2D eigenvalue weighted by molar-refractivity contribution is 0.0550. The summed E-state index contributed by atoms with van der Waals surface area (Å²) < 4.78 is 0. The zero-order chi connectivity index (χ0) is 13.2. The highest BCUT2D eigenvalue weighted by Crippen LogP contribution is 2.41. The Morgan fingerprint density at radius 1 is 1.33 bits per heavy atom. The largest absolute Gasteiger partial charge is 0.321 e. The Balaban J connectivity index is 2.25. The molecule has 2 rings (SSSR count). The van der Waals surface area contributed by atoms with Crippen LogP contribution in [-0.4, -0.2) is 34.5 Å². The summed E-state index contributed by atoms with van der Waals surface area (Å²) >= 11 is 0. The molecule has 0 aromatic carbocycles. The van der Waals surface area contributed by atoms with Crippen LogP contribution in [0.5, 0.6) is 0 Å². The number of nitrogens with zero attached hydrogens (tertiary/aromatic N) is 3. The summed E-state index contributed by atoms with van der Waals surface area (Å²) in [6.45, 7) is 2.33. The molecular formula is C14H24N4. The van der Waals surface area contributed by atoms with Crippen LogP contribution in [0.25, 0.3) is 0 Å². The molecule has 1 heterocycles. The van der Waals surface area contributed by atoms with Gasteiger partial charge in [-0.15, -0.1) is 0 Å². The van der Waals surface area contributed by atoms with E-state index in [0.29, 0.717) is 0 Å². The maximum Gasteiger partial charge on any atom is 0.0772 e. The smallest absolute Gasteiger partial charge is 0.0772 e. The van der Waals surface area contributed by atoms with Crippen molar-refractivity contribution >= 4 is 0 Å². The fourth-order valence-corrected chi connectivity index (χ4v) is 3.04. The molecule has 1 unspecified atom stereocenters. The molecule has 0 amide bonds. The summed E-state index contributed by atoms with van der Waals surface area (Å²) in [6.07, 6.45) is 9.98. The second-order valence-electron chi connectivity index (χ2n) is 5.79. The normalized spacial score (nSPS) is 30.4. The van der Waals surface area contributed by atoms with Crippen LogP contribution in [-0.2, 0) is 0 Å². The van der Waals surface area contributed by atoms with Gasteiger partial charge < -0.3 is 10.6 Å². The van der Waals surface area contributed by atoms with E-state index in [0.717, 1.165) is 24.5 Å². The van der Waals surface area contributed by atoms with Gasteiger partial charge in [0.05, 0.1) is 17.9 Å². The van der Waals surface area contributed by atoms with Gasteiger partial charge in [-0.25, -0.2) is 0 Å². The van der Waals surface area contributed by atoms with Crippen molar-refractivity contribution in [2.45, 2.75) is 44.2 Å². The first-order valence-corrected chi connectivity index (χ1v) is 6.75. The molecule has 0 spiro atoms. The fourth-order valence-electron chi connectivity index (χ4n) is 3.04. The van der Waals surface area contributed by atoms with Gasteiger partial charge >= 0.3 is 0 Å². The maximum absolute atomic E-state index is 6.51. The maximum atomic E-state index is 6.51. The van der Waals surface area contributed by atoms with Gasteiger partial charge in [0.1, 0.15) is 0 Å². The fraction of sp³-hybridized carbons (Fsp3) is 0.714. The van der Waals surface area contributed by atoms with Crippen molar-refractivity contribution in [3.8, 4) is 0 Å². The van der Waals surface area contributed by atoms with Gasteiger partial charge in [-0.1, -0.05) is 6.92 Å². The van der Waals surface area contributed by atoms with Gasteiger partial charge in [0.15, 0.2) is 0 Å². The Bertz CT molecular complexity index is 369. The Hall–Kier alpha value is -1.00. The van der Waals surface area contributed by atoms with Crippen molar-refractivity contribution in [1.82, 2.24) is 14.9 Å². The van der Waals surface area contributed by atoms with E-state index in [1.54, 1.807) is 18.6 Å². The minimum absolute atomic E-state index is 0.0303. The molecule has 100 valence electrons. The zero-order valence-corrected chi connectivity index (χ0v) is 11.6. The number of hydrogen-bond acceptors (Lipinski definition) is 4. The summed E-state index contributed by atoms with van der Waals surface area (Å²) in [5.74, 6) is 0.812.